The smallest absolute Gasteiger partial charge is 0.253 e. The Hall–Kier alpha value is -2.89. The summed E-state index contributed by atoms with van der Waals surface area (Å²) in [7, 11) is 0. The minimum atomic E-state index is -0.171. The molecule has 0 saturated heterocycles. The fraction of sp³-hybridized carbons (Fsp3) is 0.435. The van der Waals surface area contributed by atoms with E-state index in [1.807, 2.05) is 32.2 Å². The second-order valence-corrected chi connectivity index (χ2v) is 8.08. The summed E-state index contributed by atoms with van der Waals surface area (Å²) in [4.78, 5) is 28.1. The Kier molecular flexibility index (Phi) is 5.26. The Morgan fingerprint density at radius 2 is 2.00 bits per heavy atom. The molecule has 0 radical (unpaired) electrons. The molecule has 0 atom stereocenters. The number of nitrogens with one attached hydrogen (secondary N) is 2. The Labute approximate surface area is 170 Å². The average Bonchev–Trinajstić information content (AvgIpc) is 3.35. The predicted molar refractivity (Wildman–Crippen MR) is 114 cm³/mol. The number of aromatic amines is 1. The van der Waals surface area contributed by atoms with Crippen molar-refractivity contribution >= 4 is 16.8 Å². The topological polar surface area (TPSA) is 79.8 Å². The van der Waals surface area contributed by atoms with Crippen molar-refractivity contribution in [2.24, 2.45) is 0 Å². The van der Waals surface area contributed by atoms with Gasteiger partial charge < -0.3 is 10.3 Å². The molecule has 1 fully saturated rings. The number of pyridine rings is 1. The number of aromatic nitrogens is 3. The third-order valence-corrected chi connectivity index (χ3v) is 6.02. The Morgan fingerprint density at radius 3 is 2.69 bits per heavy atom. The number of amides is 1. The molecule has 1 saturated carbocycles. The van der Waals surface area contributed by atoms with Gasteiger partial charge in [-0.1, -0.05) is 19.8 Å². The lowest BCUT2D eigenvalue weighted by molar-refractivity contribution is 0.0952. The first-order chi connectivity index (χ1) is 14.0. The number of fused-ring (bicyclic) bond motifs is 1. The van der Waals surface area contributed by atoms with Crippen LogP contribution in [0, 0.1) is 13.8 Å². The highest BCUT2D eigenvalue weighted by Gasteiger charge is 2.22. The second-order valence-electron chi connectivity index (χ2n) is 8.08. The zero-order chi connectivity index (χ0) is 20.5. The van der Waals surface area contributed by atoms with Crippen LogP contribution in [0.2, 0.25) is 0 Å². The zero-order valence-electron chi connectivity index (χ0n) is 17.3. The van der Waals surface area contributed by atoms with E-state index in [9.17, 15) is 9.59 Å². The van der Waals surface area contributed by atoms with Crippen molar-refractivity contribution in [1.82, 2.24) is 20.1 Å². The Morgan fingerprint density at radius 1 is 1.24 bits per heavy atom. The van der Waals surface area contributed by atoms with Crippen molar-refractivity contribution < 1.29 is 4.79 Å². The van der Waals surface area contributed by atoms with Gasteiger partial charge in [0.2, 0.25) is 0 Å². The molecule has 4 rings (SSSR count). The number of rotatable bonds is 5. The molecular weight excluding hydrogens is 364 g/mol. The molecule has 1 aliphatic carbocycles. The lowest BCUT2D eigenvalue weighted by atomic mass is 10.0. The summed E-state index contributed by atoms with van der Waals surface area (Å²) >= 11 is 0. The van der Waals surface area contributed by atoms with Crippen LogP contribution in [0.4, 0.5) is 0 Å². The molecule has 0 spiro atoms. The van der Waals surface area contributed by atoms with Gasteiger partial charge in [-0.15, -0.1) is 0 Å². The van der Waals surface area contributed by atoms with E-state index < -0.39 is 0 Å². The van der Waals surface area contributed by atoms with Crippen molar-refractivity contribution in [3.63, 3.8) is 0 Å². The van der Waals surface area contributed by atoms with Crippen LogP contribution in [0.5, 0.6) is 0 Å². The molecule has 1 amide bonds. The molecule has 1 aromatic carbocycles. The van der Waals surface area contributed by atoms with Gasteiger partial charge in [0.15, 0.2) is 0 Å². The van der Waals surface area contributed by atoms with Gasteiger partial charge in [-0.2, -0.15) is 5.10 Å². The number of carbonyl (C=O) groups is 1. The molecule has 2 aromatic heterocycles. The minimum Gasteiger partial charge on any atom is -0.348 e. The van der Waals surface area contributed by atoms with Crippen molar-refractivity contribution in [1.29, 1.82) is 0 Å². The predicted octanol–water partition coefficient (Wildman–Crippen LogP) is 3.95. The maximum absolute atomic E-state index is 13.1. The molecule has 29 heavy (non-hydrogen) atoms. The molecule has 0 bridgehead atoms. The lowest BCUT2D eigenvalue weighted by Crippen LogP contribution is -2.28. The number of benzene rings is 1. The molecule has 152 valence electrons. The SMILES string of the molecule is CCc1cc(C(=O)NCc2c(C)cc(C)[nH]c2=O)c2cnn(C3CCCC3)c2c1. The van der Waals surface area contributed by atoms with Gasteiger partial charge in [0.25, 0.3) is 11.5 Å². The van der Waals surface area contributed by atoms with E-state index >= 15 is 0 Å². The monoisotopic (exact) mass is 392 g/mol. The van der Waals surface area contributed by atoms with E-state index in [0.29, 0.717) is 17.2 Å². The van der Waals surface area contributed by atoms with Gasteiger partial charge in [0.1, 0.15) is 0 Å². The van der Waals surface area contributed by atoms with Crippen molar-refractivity contribution in [2.75, 3.05) is 0 Å². The van der Waals surface area contributed by atoms with Crippen LogP contribution in [-0.4, -0.2) is 20.7 Å². The zero-order valence-corrected chi connectivity index (χ0v) is 17.3. The third-order valence-electron chi connectivity index (χ3n) is 6.02. The number of carbonyl (C=O) groups excluding carboxylic acids is 1. The van der Waals surface area contributed by atoms with E-state index in [0.717, 1.165) is 47.0 Å². The van der Waals surface area contributed by atoms with Crippen LogP contribution in [0.15, 0.2) is 29.2 Å². The molecule has 6 heteroatoms. The van der Waals surface area contributed by atoms with Gasteiger partial charge >= 0.3 is 0 Å². The molecule has 2 N–H and O–H groups in total. The Balaban J connectivity index is 1.66. The second kappa shape index (κ2) is 7.85. The van der Waals surface area contributed by atoms with E-state index in [4.69, 9.17) is 0 Å². The van der Waals surface area contributed by atoms with Crippen molar-refractivity contribution in [2.45, 2.75) is 65.5 Å². The van der Waals surface area contributed by atoms with Crippen LogP contribution < -0.4 is 10.9 Å². The average molecular weight is 393 g/mol. The first-order valence-electron chi connectivity index (χ1n) is 10.5. The summed E-state index contributed by atoms with van der Waals surface area (Å²) in [6, 6.07) is 6.45. The lowest BCUT2D eigenvalue weighted by Gasteiger charge is -2.13. The molecule has 0 unspecified atom stereocenters. The van der Waals surface area contributed by atoms with Crippen LogP contribution in [0.1, 0.15) is 71.4 Å². The number of H-pyrrole nitrogens is 1. The number of hydrogen-bond acceptors (Lipinski definition) is 3. The standard InChI is InChI=1S/C23H28N4O2/c1-4-16-10-18(20-13-25-27(21(20)11-16)17-7-5-6-8-17)22(28)24-12-19-14(2)9-15(3)26-23(19)29/h9-11,13,17H,4-8,12H2,1-3H3,(H,24,28)(H,26,29). The maximum Gasteiger partial charge on any atom is 0.253 e. The molecular formula is C23H28N4O2. The number of aryl methyl sites for hydroxylation is 3. The minimum absolute atomic E-state index is 0.149. The summed E-state index contributed by atoms with van der Waals surface area (Å²) in [5.41, 5.74) is 4.92. The highest BCUT2D eigenvalue weighted by Crippen LogP contribution is 2.33. The summed E-state index contributed by atoms with van der Waals surface area (Å²) in [6.07, 6.45) is 7.41. The van der Waals surface area contributed by atoms with Gasteiger partial charge in [-0.05, 0) is 62.4 Å². The van der Waals surface area contributed by atoms with Gasteiger partial charge in [0.05, 0.1) is 23.3 Å². The molecule has 2 heterocycles. The number of nitrogens with zero attached hydrogens (tertiary/aromatic N) is 2. The van der Waals surface area contributed by atoms with Crippen molar-refractivity contribution in [3.8, 4) is 0 Å². The first kappa shape index (κ1) is 19.4. The molecule has 3 aromatic rings. The summed E-state index contributed by atoms with van der Waals surface area (Å²) in [5, 5.41) is 8.45. The summed E-state index contributed by atoms with van der Waals surface area (Å²) in [5.74, 6) is -0.171. The molecule has 0 aliphatic heterocycles. The van der Waals surface area contributed by atoms with E-state index in [1.165, 1.54) is 12.8 Å². The summed E-state index contributed by atoms with van der Waals surface area (Å²) < 4.78 is 2.10. The summed E-state index contributed by atoms with van der Waals surface area (Å²) in [6.45, 7) is 6.04. The largest absolute Gasteiger partial charge is 0.348 e. The van der Waals surface area contributed by atoms with Crippen LogP contribution in [-0.2, 0) is 13.0 Å². The number of hydrogen-bond donors (Lipinski definition) is 2. The normalized spacial score (nSPS) is 14.6. The maximum atomic E-state index is 13.1. The Bertz CT molecular complexity index is 1120. The highest BCUT2D eigenvalue weighted by molar-refractivity contribution is 6.06. The van der Waals surface area contributed by atoms with Crippen LogP contribution >= 0.6 is 0 Å². The van der Waals surface area contributed by atoms with E-state index in [1.54, 1.807) is 0 Å². The highest BCUT2D eigenvalue weighted by atomic mass is 16.1. The van der Waals surface area contributed by atoms with Gasteiger partial charge in [0, 0.05) is 23.2 Å². The fourth-order valence-corrected chi connectivity index (χ4v) is 4.40. The van der Waals surface area contributed by atoms with Gasteiger partial charge in [-0.3, -0.25) is 14.3 Å². The van der Waals surface area contributed by atoms with E-state index in [2.05, 4.69) is 33.1 Å². The van der Waals surface area contributed by atoms with E-state index in [-0.39, 0.29) is 18.0 Å². The molecule has 1 aliphatic rings. The van der Waals surface area contributed by atoms with Gasteiger partial charge in [-0.25, -0.2) is 0 Å². The van der Waals surface area contributed by atoms with Crippen LogP contribution in [0.3, 0.4) is 0 Å². The van der Waals surface area contributed by atoms with Crippen LogP contribution in [0.25, 0.3) is 10.9 Å². The third kappa shape index (κ3) is 3.71. The van der Waals surface area contributed by atoms with Crippen molar-refractivity contribution in [3.05, 3.63) is 62.7 Å². The molecule has 6 nitrogen and oxygen atoms in total. The fourth-order valence-electron chi connectivity index (χ4n) is 4.40. The first-order valence-corrected chi connectivity index (χ1v) is 10.5. The quantitative estimate of drug-likeness (QED) is 0.690.